The van der Waals surface area contributed by atoms with E-state index in [1.165, 1.54) is 17.2 Å². The van der Waals surface area contributed by atoms with Crippen LogP contribution >= 0.6 is 15.6 Å². The Kier molecular flexibility index (Phi) is 5.68. The number of H-pyrrole nitrogens is 1. The molecule has 0 saturated heterocycles. The molecule has 2 rings (SSSR count). The van der Waals surface area contributed by atoms with Crippen molar-refractivity contribution in [1.82, 2.24) is 19.5 Å². The summed E-state index contributed by atoms with van der Waals surface area (Å²) in [5.41, 5.74) is -0.0227. The van der Waals surface area contributed by atoms with Crippen molar-refractivity contribution in [2.24, 2.45) is 0 Å². The third-order valence-electron chi connectivity index (χ3n) is 2.74. The number of methoxy groups -OCH3 is 1. The van der Waals surface area contributed by atoms with Crippen LogP contribution in [0.5, 0.6) is 0 Å². The van der Waals surface area contributed by atoms with E-state index in [-0.39, 0.29) is 24.1 Å². The van der Waals surface area contributed by atoms with Gasteiger partial charge in [0.25, 0.3) is 5.56 Å². The number of hydrogen-bond acceptors (Lipinski definition) is 8. The molecule has 0 bridgehead atoms. The Bertz CT molecular complexity index is 858. The van der Waals surface area contributed by atoms with Gasteiger partial charge in [-0.3, -0.25) is 9.32 Å². The Morgan fingerprint density at radius 1 is 1.33 bits per heavy atom. The molecule has 0 aliphatic heterocycles. The number of aryl methyl sites for hydroxylation is 1. The highest BCUT2D eigenvalue weighted by Gasteiger charge is 2.35. The van der Waals surface area contributed by atoms with Gasteiger partial charge < -0.3 is 29.0 Å². The molecule has 134 valence electrons. The first-order valence-electron chi connectivity index (χ1n) is 6.31. The van der Waals surface area contributed by atoms with Crippen LogP contribution in [0.3, 0.4) is 0 Å². The van der Waals surface area contributed by atoms with Crippen molar-refractivity contribution >= 4 is 26.8 Å². The summed E-state index contributed by atoms with van der Waals surface area (Å²) in [6, 6.07) is 0. The van der Waals surface area contributed by atoms with Crippen molar-refractivity contribution in [2.45, 2.75) is 19.3 Å². The van der Waals surface area contributed by atoms with Crippen LogP contribution < -0.4 is 5.56 Å². The molecule has 0 aromatic carbocycles. The van der Waals surface area contributed by atoms with Gasteiger partial charge in [-0.1, -0.05) is 0 Å². The molecule has 0 aliphatic rings. The summed E-state index contributed by atoms with van der Waals surface area (Å²) < 4.78 is 36.6. The predicted octanol–water partition coefficient (Wildman–Crippen LogP) is -0.292. The summed E-state index contributed by atoms with van der Waals surface area (Å²) in [6.45, 7) is 0.126. The summed E-state index contributed by atoms with van der Waals surface area (Å²) in [5, 5.41) is 0. The Morgan fingerprint density at radius 3 is 2.67 bits per heavy atom. The second kappa shape index (κ2) is 7.21. The Balaban J connectivity index is 2.05. The number of nitrogens with one attached hydrogen (secondary N) is 1. The monoisotopic (exact) mass is 384 g/mol. The first-order chi connectivity index (χ1) is 11.1. The number of nitrogens with zero attached hydrogens (tertiary/aromatic N) is 3. The smallest absolute Gasteiger partial charge is 0.355 e. The Morgan fingerprint density at radius 2 is 2.04 bits per heavy atom. The van der Waals surface area contributed by atoms with Crippen LogP contribution in [0.25, 0.3) is 11.2 Å². The van der Waals surface area contributed by atoms with Crippen molar-refractivity contribution in [2.75, 3.05) is 7.11 Å². The number of rotatable bonds is 8. The van der Waals surface area contributed by atoms with Crippen LogP contribution in [0.15, 0.2) is 17.4 Å². The van der Waals surface area contributed by atoms with Gasteiger partial charge in [0.05, 0.1) is 12.7 Å². The zero-order valence-corrected chi connectivity index (χ0v) is 14.0. The summed E-state index contributed by atoms with van der Waals surface area (Å²) in [4.78, 5) is 48.1. The van der Waals surface area contributed by atoms with Crippen LogP contribution in [-0.2, 0) is 29.2 Å². The molecule has 13 nitrogen and oxygen atoms in total. The number of hydrogen-bond donors (Lipinski definition) is 4. The van der Waals surface area contributed by atoms with Gasteiger partial charge in [-0.25, -0.2) is 19.1 Å². The van der Waals surface area contributed by atoms with E-state index in [2.05, 4.69) is 23.8 Å². The van der Waals surface area contributed by atoms with E-state index in [1.807, 2.05) is 0 Å². The predicted molar refractivity (Wildman–Crippen MR) is 77.6 cm³/mol. The van der Waals surface area contributed by atoms with Gasteiger partial charge in [-0.05, 0) is 0 Å². The van der Waals surface area contributed by atoms with E-state index in [4.69, 9.17) is 14.5 Å². The summed E-state index contributed by atoms with van der Waals surface area (Å²) >= 11 is 0. The lowest BCUT2D eigenvalue weighted by Gasteiger charge is -2.19. The molecule has 0 aliphatic carbocycles. The Hall–Kier alpha value is -1.43. The molecular weight excluding hydrogens is 370 g/mol. The summed E-state index contributed by atoms with van der Waals surface area (Å²) in [7, 11) is -9.09. The summed E-state index contributed by atoms with van der Waals surface area (Å²) in [6.07, 6.45) is 1.20. The normalized spacial score (nSPS) is 16.2. The lowest BCUT2D eigenvalue weighted by atomic mass is 10.4. The van der Waals surface area contributed by atoms with Crippen LogP contribution in [0.1, 0.15) is 6.42 Å². The van der Waals surface area contributed by atoms with E-state index in [1.54, 1.807) is 0 Å². The number of phosphoric ester groups is 1. The largest absolute Gasteiger partial charge is 0.483 e. The van der Waals surface area contributed by atoms with E-state index in [0.29, 0.717) is 0 Å². The molecule has 2 aromatic heterocycles. The number of aromatic amines is 1. The fourth-order valence-electron chi connectivity index (χ4n) is 1.82. The molecule has 15 heteroatoms. The average Bonchev–Trinajstić information content (AvgIpc) is 2.85. The molecule has 0 spiro atoms. The SMILES string of the molecule is COC(CCn1cnc2c(=O)[nH]cnc21)OP(=O)(O)OP(=O)(O)O. The van der Waals surface area contributed by atoms with E-state index < -0.39 is 27.5 Å². The van der Waals surface area contributed by atoms with Crippen molar-refractivity contribution in [3.8, 4) is 0 Å². The van der Waals surface area contributed by atoms with Crippen LogP contribution in [-0.4, -0.2) is 47.6 Å². The average molecular weight is 384 g/mol. The lowest BCUT2D eigenvalue weighted by Crippen LogP contribution is -2.17. The zero-order chi connectivity index (χ0) is 18.0. The van der Waals surface area contributed by atoms with Gasteiger partial charge in [0.15, 0.2) is 17.5 Å². The standard InChI is InChI=1S/C9H14N4O9P2/c1-20-6(21-24(18,19)22-23(15,16)17)2-3-13-5-12-7-8(13)10-4-11-9(7)14/h4-6H,2-3H2,1H3,(H,18,19)(H,10,11,14)(H2,15,16,17). The molecule has 2 heterocycles. The van der Waals surface area contributed by atoms with Crippen molar-refractivity contribution in [3.63, 3.8) is 0 Å². The van der Waals surface area contributed by atoms with E-state index in [0.717, 1.165) is 7.11 Å². The number of phosphoric acid groups is 2. The van der Waals surface area contributed by atoms with Gasteiger partial charge in [0, 0.05) is 20.1 Å². The van der Waals surface area contributed by atoms with Gasteiger partial charge in [-0.15, -0.1) is 0 Å². The number of fused-ring (bicyclic) bond motifs is 1. The highest BCUT2D eigenvalue weighted by molar-refractivity contribution is 7.60. The van der Waals surface area contributed by atoms with Crippen LogP contribution in [0.4, 0.5) is 0 Å². The second-order valence-electron chi connectivity index (χ2n) is 4.44. The summed E-state index contributed by atoms with van der Waals surface area (Å²) in [5.74, 6) is 0. The topological polar surface area (TPSA) is 186 Å². The van der Waals surface area contributed by atoms with Crippen LogP contribution in [0, 0.1) is 0 Å². The van der Waals surface area contributed by atoms with Crippen LogP contribution in [0.2, 0.25) is 0 Å². The van der Waals surface area contributed by atoms with E-state index in [9.17, 15) is 18.8 Å². The Labute approximate surface area is 134 Å². The fourth-order valence-corrected chi connectivity index (χ4v) is 3.53. The maximum absolute atomic E-state index is 11.5. The lowest BCUT2D eigenvalue weighted by molar-refractivity contribution is -0.0739. The maximum Gasteiger partial charge on any atom is 0.483 e. The minimum absolute atomic E-state index is 0.0223. The highest BCUT2D eigenvalue weighted by Crippen LogP contribution is 2.58. The van der Waals surface area contributed by atoms with Gasteiger partial charge in [0.2, 0.25) is 0 Å². The van der Waals surface area contributed by atoms with Gasteiger partial charge in [0.1, 0.15) is 0 Å². The van der Waals surface area contributed by atoms with Crippen molar-refractivity contribution in [3.05, 3.63) is 23.0 Å². The first kappa shape index (κ1) is 18.9. The fraction of sp³-hybridized carbons (Fsp3) is 0.444. The third-order valence-corrected chi connectivity index (χ3v) is 4.91. The molecule has 0 amide bonds. The minimum atomic E-state index is -5.22. The number of aromatic nitrogens is 4. The second-order valence-corrected chi connectivity index (χ2v) is 7.22. The number of imidazole rings is 1. The van der Waals surface area contributed by atoms with E-state index >= 15 is 0 Å². The molecule has 0 radical (unpaired) electrons. The van der Waals surface area contributed by atoms with Gasteiger partial charge in [-0.2, -0.15) is 4.31 Å². The number of ether oxygens (including phenoxy) is 1. The van der Waals surface area contributed by atoms with Crippen molar-refractivity contribution in [1.29, 1.82) is 0 Å². The molecule has 24 heavy (non-hydrogen) atoms. The quantitative estimate of drug-likeness (QED) is 0.346. The molecule has 2 aromatic rings. The van der Waals surface area contributed by atoms with Gasteiger partial charge >= 0.3 is 15.6 Å². The highest BCUT2D eigenvalue weighted by atomic mass is 31.3. The maximum atomic E-state index is 11.5. The molecule has 0 fully saturated rings. The molecule has 2 atom stereocenters. The van der Waals surface area contributed by atoms with Crippen molar-refractivity contribution < 1.29 is 37.4 Å². The molecule has 0 saturated carbocycles. The molecule has 2 unspecified atom stereocenters. The first-order valence-corrected chi connectivity index (χ1v) is 9.33. The minimum Gasteiger partial charge on any atom is -0.355 e. The molecule has 4 N–H and O–H groups in total. The third kappa shape index (κ3) is 5.03. The zero-order valence-electron chi connectivity index (χ0n) is 12.2. The molecular formula is C9H14N4O9P2.